The molecule has 0 spiro atoms. The van der Waals surface area contributed by atoms with Crippen LogP contribution < -0.4 is 15.5 Å². The number of hydrogen-bond donors (Lipinski definition) is 2. The lowest BCUT2D eigenvalue weighted by atomic mass is 10.1. The highest BCUT2D eigenvalue weighted by Crippen LogP contribution is 2.30. The van der Waals surface area contributed by atoms with Gasteiger partial charge in [-0.05, 0) is 37.5 Å². The summed E-state index contributed by atoms with van der Waals surface area (Å²) >= 11 is 0. The van der Waals surface area contributed by atoms with Crippen LogP contribution in [-0.4, -0.2) is 29.1 Å². The summed E-state index contributed by atoms with van der Waals surface area (Å²) in [6, 6.07) is 5.41. The van der Waals surface area contributed by atoms with Crippen LogP contribution in [0.2, 0.25) is 0 Å². The predicted molar refractivity (Wildman–Crippen MR) is 92.2 cm³/mol. The Balaban J connectivity index is 1.65. The molecule has 0 unspecified atom stereocenters. The summed E-state index contributed by atoms with van der Waals surface area (Å²) in [6.45, 7) is 1.79. The number of urea groups is 1. The Morgan fingerprint density at radius 1 is 1.04 bits per heavy atom. The fourth-order valence-corrected chi connectivity index (χ4v) is 2.76. The van der Waals surface area contributed by atoms with Crippen LogP contribution in [-0.2, 0) is 6.18 Å². The smallest absolute Gasteiger partial charge is 0.356 e. The van der Waals surface area contributed by atoms with Gasteiger partial charge in [0, 0.05) is 24.8 Å². The molecular weight excluding hydrogens is 347 g/mol. The number of carbonyl (C=O) groups excluding carboxylic acids is 1. The Kier molecular flexibility index (Phi) is 5.24. The van der Waals surface area contributed by atoms with Gasteiger partial charge in [-0.25, -0.2) is 14.8 Å². The molecule has 2 aromatic rings. The van der Waals surface area contributed by atoms with Crippen molar-refractivity contribution in [2.45, 2.75) is 25.4 Å². The van der Waals surface area contributed by atoms with Crippen molar-refractivity contribution in [3.8, 4) is 0 Å². The van der Waals surface area contributed by atoms with Crippen LogP contribution in [0.1, 0.15) is 24.8 Å². The Morgan fingerprint density at radius 2 is 1.81 bits per heavy atom. The summed E-state index contributed by atoms with van der Waals surface area (Å²) in [5, 5.41) is 4.90. The van der Waals surface area contributed by atoms with Gasteiger partial charge < -0.3 is 10.2 Å². The van der Waals surface area contributed by atoms with Crippen molar-refractivity contribution in [3.63, 3.8) is 0 Å². The third-order valence-electron chi connectivity index (χ3n) is 4.02. The van der Waals surface area contributed by atoms with Gasteiger partial charge in [0.1, 0.15) is 18.0 Å². The predicted octanol–water partition coefficient (Wildman–Crippen LogP) is 4.13. The molecule has 3 rings (SSSR count). The number of alkyl halides is 3. The maximum atomic E-state index is 12.7. The van der Waals surface area contributed by atoms with Gasteiger partial charge >= 0.3 is 12.2 Å². The zero-order valence-electron chi connectivity index (χ0n) is 13.9. The number of carbonyl (C=O) groups is 1. The van der Waals surface area contributed by atoms with E-state index in [0.717, 1.165) is 38.1 Å². The number of aromatic nitrogens is 2. The number of nitrogens with zero attached hydrogens (tertiary/aromatic N) is 3. The minimum absolute atomic E-state index is 0.0441. The molecular formula is C17H18F3N5O. The van der Waals surface area contributed by atoms with Crippen molar-refractivity contribution >= 4 is 23.4 Å². The Hall–Kier alpha value is -2.84. The van der Waals surface area contributed by atoms with Crippen LogP contribution in [0.5, 0.6) is 0 Å². The number of nitrogens with one attached hydrogen (secondary N) is 2. The molecule has 1 aromatic carbocycles. The van der Waals surface area contributed by atoms with E-state index < -0.39 is 17.8 Å². The van der Waals surface area contributed by atoms with E-state index in [-0.39, 0.29) is 11.5 Å². The van der Waals surface area contributed by atoms with Crippen molar-refractivity contribution < 1.29 is 18.0 Å². The SMILES string of the molecule is O=C(Nc1cccc(C(F)(F)F)c1)Nc1cc(N2CCCCC2)ncn1. The normalized spacial score (nSPS) is 14.8. The molecule has 9 heteroatoms. The van der Waals surface area contributed by atoms with E-state index in [0.29, 0.717) is 5.82 Å². The van der Waals surface area contributed by atoms with Gasteiger partial charge in [0.25, 0.3) is 0 Å². The maximum absolute atomic E-state index is 12.7. The zero-order chi connectivity index (χ0) is 18.6. The second kappa shape index (κ2) is 7.59. The number of rotatable bonds is 3. The Bertz CT molecular complexity index is 775. The lowest BCUT2D eigenvalue weighted by Crippen LogP contribution is -2.30. The van der Waals surface area contributed by atoms with Crippen LogP contribution >= 0.6 is 0 Å². The molecule has 1 fully saturated rings. The van der Waals surface area contributed by atoms with Gasteiger partial charge in [0.15, 0.2) is 0 Å². The van der Waals surface area contributed by atoms with E-state index in [1.165, 1.54) is 24.9 Å². The first-order chi connectivity index (χ1) is 12.4. The van der Waals surface area contributed by atoms with Crippen molar-refractivity contribution in [1.82, 2.24) is 9.97 Å². The Labute approximate surface area is 148 Å². The van der Waals surface area contributed by atoms with Crippen molar-refractivity contribution in [2.24, 2.45) is 0 Å². The fourth-order valence-electron chi connectivity index (χ4n) is 2.76. The van der Waals surface area contributed by atoms with Gasteiger partial charge in [-0.3, -0.25) is 5.32 Å². The quantitative estimate of drug-likeness (QED) is 0.858. The van der Waals surface area contributed by atoms with Crippen LogP contribution in [0.15, 0.2) is 36.7 Å². The molecule has 6 nitrogen and oxygen atoms in total. The molecule has 1 aliphatic rings. The third-order valence-corrected chi connectivity index (χ3v) is 4.02. The monoisotopic (exact) mass is 365 g/mol. The molecule has 1 aliphatic heterocycles. The third kappa shape index (κ3) is 4.62. The summed E-state index contributed by atoms with van der Waals surface area (Å²) in [5.41, 5.74) is -0.785. The number of halogens is 3. The van der Waals surface area contributed by atoms with Gasteiger partial charge in [-0.1, -0.05) is 6.07 Å². The fraction of sp³-hybridized carbons (Fsp3) is 0.353. The summed E-state index contributed by atoms with van der Waals surface area (Å²) in [6.07, 6.45) is 0.242. The largest absolute Gasteiger partial charge is 0.416 e. The lowest BCUT2D eigenvalue weighted by molar-refractivity contribution is -0.137. The summed E-state index contributed by atoms with van der Waals surface area (Å²) < 4.78 is 38.2. The molecule has 2 heterocycles. The molecule has 2 N–H and O–H groups in total. The highest BCUT2D eigenvalue weighted by atomic mass is 19.4. The number of hydrogen-bond acceptors (Lipinski definition) is 4. The first-order valence-electron chi connectivity index (χ1n) is 8.24. The van der Waals surface area contributed by atoms with Crippen molar-refractivity contribution in [2.75, 3.05) is 28.6 Å². The van der Waals surface area contributed by atoms with Gasteiger partial charge in [0.2, 0.25) is 0 Å². The van der Waals surface area contributed by atoms with Gasteiger partial charge in [-0.2, -0.15) is 13.2 Å². The topological polar surface area (TPSA) is 70.2 Å². The van der Waals surface area contributed by atoms with E-state index in [9.17, 15) is 18.0 Å². The second-order valence-electron chi connectivity index (χ2n) is 5.97. The average Bonchev–Trinajstić information content (AvgIpc) is 2.62. The lowest BCUT2D eigenvalue weighted by Gasteiger charge is -2.27. The molecule has 2 amide bonds. The molecule has 0 aliphatic carbocycles. The van der Waals surface area contributed by atoms with E-state index >= 15 is 0 Å². The van der Waals surface area contributed by atoms with E-state index in [4.69, 9.17) is 0 Å². The van der Waals surface area contributed by atoms with Gasteiger partial charge in [-0.15, -0.1) is 0 Å². The Morgan fingerprint density at radius 3 is 2.54 bits per heavy atom. The van der Waals surface area contributed by atoms with Crippen molar-refractivity contribution in [1.29, 1.82) is 0 Å². The molecule has 26 heavy (non-hydrogen) atoms. The summed E-state index contributed by atoms with van der Waals surface area (Å²) in [7, 11) is 0. The number of benzene rings is 1. The highest BCUT2D eigenvalue weighted by molar-refractivity contribution is 5.99. The number of piperidine rings is 1. The number of anilines is 3. The summed E-state index contributed by atoms with van der Waals surface area (Å²) in [5.74, 6) is 0.999. The molecule has 1 saturated heterocycles. The van der Waals surface area contributed by atoms with E-state index in [1.807, 2.05) is 0 Å². The zero-order valence-corrected chi connectivity index (χ0v) is 13.9. The second-order valence-corrected chi connectivity index (χ2v) is 5.97. The molecule has 138 valence electrons. The average molecular weight is 365 g/mol. The standard InChI is InChI=1S/C17H18F3N5O/c18-17(19,20)12-5-4-6-13(9-12)23-16(26)24-14-10-15(22-11-21-14)25-7-2-1-3-8-25/h4-6,9-11H,1-3,7-8H2,(H2,21,22,23,24,26). The van der Waals surface area contributed by atoms with Crippen LogP contribution in [0.25, 0.3) is 0 Å². The molecule has 1 aromatic heterocycles. The summed E-state index contributed by atoms with van der Waals surface area (Å²) in [4.78, 5) is 22.4. The first-order valence-corrected chi connectivity index (χ1v) is 8.24. The molecule has 0 atom stereocenters. The number of amides is 2. The minimum atomic E-state index is -4.47. The highest BCUT2D eigenvalue weighted by Gasteiger charge is 2.30. The van der Waals surface area contributed by atoms with Crippen LogP contribution in [0.4, 0.5) is 35.3 Å². The molecule has 0 radical (unpaired) electrons. The van der Waals surface area contributed by atoms with E-state index in [2.05, 4.69) is 25.5 Å². The maximum Gasteiger partial charge on any atom is 0.416 e. The van der Waals surface area contributed by atoms with Crippen LogP contribution in [0, 0.1) is 0 Å². The van der Waals surface area contributed by atoms with E-state index in [1.54, 1.807) is 6.07 Å². The van der Waals surface area contributed by atoms with Gasteiger partial charge in [0.05, 0.1) is 5.56 Å². The first kappa shape index (κ1) is 18.0. The van der Waals surface area contributed by atoms with Crippen LogP contribution in [0.3, 0.4) is 0 Å². The molecule has 0 bridgehead atoms. The molecule has 0 saturated carbocycles. The minimum Gasteiger partial charge on any atom is -0.356 e. The van der Waals surface area contributed by atoms with Crippen molar-refractivity contribution in [3.05, 3.63) is 42.2 Å².